The molecule has 0 aliphatic rings. The maximum Gasteiger partial charge on any atom is 0.260 e. The second kappa shape index (κ2) is 10.4. The third kappa shape index (κ3) is 5.45. The monoisotopic (exact) mass is 467 g/mol. The zero-order valence-electron chi connectivity index (χ0n) is 17.9. The van der Waals surface area contributed by atoms with Crippen LogP contribution in [0.25, 0.3) is 21.3 Å². The van der Waals surface area contributed by atoms with Crippen molar-refractivity contribution in [2.24, 2.45) is 0 Å². The molecular formula is C25H26ClN3O2S. The highest BCUT2D eigenvalue weighted by atomic mass is 35.5. The van der Waals surface area contributed by atoms with Gasteiger partial charge in [0, 0.05) is 22.5 Å². The lowest BCUT2D eigenvalue weighted by Crippen LogP contribution is -2.34. The average Bonchev–Trinajstić information content (AvgIpc) is 3.19. The normalized spacial score (nSPS) is 12.5. The molecule has 7 heteroatoms. The summed E-state index contributed by atoms with van der Waals surface area (Å²) in [4.78, 5) is 23.5. The minimum absolute atomic E-state index is 0.141. The maximum absolute atomic E-state index is 12.9. The number of benzene rings is 2. The fraction of sp³-hybridized carbons (Fsp3) is 0.280. The van der Waals surface area contributed by atoms with Crippen molar-refractivity contribution in [3.63, 3.8) is 0 Å². The molecule has 0 aliphatic carbocycles. The molecule has 0 fully saturated rings. The molecule has 2 aromatic carbocycles. The number of nitrogens with one attached hydrogen (secondary N) is 1. The molecular weight excluding hydrogens is 442 g/mol. The predicted octanol–water partition coefficient (Wildman–Crippen LogP) is 5.12. The number of H-pyrrole nitrogens is 1. The quantitative estimate of drug-likeness (QED) is 0.358. The number of aromatic amines is 1. The van der Waals surface area contributed by atoms with Crippen LogP contribution in [0.1, 0.15) is 24.7 Å². The van der Waals surface area contributed by atoms with Crippen molar-refractivity contribution in [1.29, 1.82) is 0 Å². The number of thiophene rings is 1. The standard InChI is InChI=1S/C25H26ClN3O2S/c1-2-12-29(14-20(30)13-17-6-4-3-5-7-17)15-22-27-24(31)23-21(16-32-25(23)28-22)18-8-10-19(26)11-9-18/h3-11,16,20,30H,2,12-15H2,1H3,(H,27,28,31). The number of hydrogen-bond acceptors (Lipinski definition) is 5. The van der Waals surface area contributed by atoms with E-state index in [4.69, 9.17) is 16.6 Å². The van der Waals surface area contributed by atoms with Crippen LogP contribution in [0, 0.1) is 0 Å². The molecule has 4 aromatic rings. The van der Waals surface area contributed by atoms with Gasteiger partial charge in [0.15, 0.2) is 0 Å². The Morgan fingerprint density at radius 1 is 1.16 bits per heavy atom. The average molecular weight is 468 g/mol. The zero-order valence-corrected chi connectivity index (χ0v) is 19.5. The van der Waals surface area contributed by atoms with Gasteiger partial charge in [-0.2, -0.15) is 0 Å². The summed E-state index contributed by atoms with van der Waals surface area (Å²) in [7, 11) is 0. The fourth-order valence-electron chi connectivity index (χ4n) is 3.92. The second-order valence-corrected chi connectivity index (χ2v) is 9.22. The molecule has 166 valence electrons. The molecule has 2 heterocycles. The van der Waals surface area contributed by atoms with Crippen molar-refractivity contribution in [3.05, 3.63) is 86.7 Å². The minimum Gasteiger partial charge on any atom is -0.391 e. The van der Waals surface area contributed by atoms with Crippen LogP contribution in [0.4, 0.5) is 0 Å². The van der Waals surface area contributed by atoms with Gasteiger partial charge in [-0.05, 0) is 42.6 Å². The highest BCUT2D eigenvalue weighted by Crippen LogP contribution is 2.31. The van der Waals surface area contributed by atoms with Crippen molar-refractivity contribution in [1.82, 2.24) is 14.9 Å². The molecule has 2 N–H and O–H groups in total. The highest BCUT2D eigenvalue weighted by molar-refractivity contribution is 7.17. The van der Waals surface area contributed by atoms with E-state index in [0.717, 1.165) is 34.5 Å². The van der Waals surface area contributed by atoms with Crippen molar-refractivity contribution in [2.75, 3.05) is 13.1 Å². The summed E-state index contributed by atoms with van der Waals surface area (Å²) in [6, 6.07) is 17.4. The number of rotatable bonds is 9. The first-order chi connectivity index (χ1) is 15.5. The van der Waals surface area contributed by atoms with Gasteiger partial charge in [0.05, 0.1) is 18.0 Å². The van der Waals surface area contributed by atoms with Gasteiger partial charge in [0.1, 0.15) is 10.7 Å². The minimum atomic E-state index is -0.488. The summed E-state index contributed by atoms with van der Waals surface area (Å²) in [5.41, 5.74) is 2.78. The number of fused-ring (bicyclic) bond motifs is 1. The van der Waals surface area contributed by atoms with Crippen molar-refractivity contribution >= 4 is 33.2 Å². The highest BCUT2D eigenvalue weighted by Gasteiger charge is 2.17. The van der Waals surface area contributed by atoms with E-state index in [1.165, 1.54) is 11.3 Å². The van der Waals surface area contributed by atoms with Crippen LogP contribution in [0.15, 0.2) is 64.8 Å². The molecule has 5 nitrogen and oxygen atoms in total. The molecule has 2 aromatic heterocycles. The number of aromatic nitrogens is 2. The summed E-state index contributed by atoms with van der Waals surface area (Å²) >= 11 is 7.46. The van der Waals surface area contributed by atoms with Crippen molar-refractivity contribution in [2.45, 2.75) is 32.4 Å². The van der Waals surface area contributed by atoms with Gasteiger partial charge >= 0.3 is 0 Å². The van der Waals surface area contributed by atoms with E-state index in [0.29, 0.717) is 35.7 Å². The van der Waals surface area contributed by atoms with Gasteiger partial charge < -0.3 is 10.1 Å². The Balaban J connectivity index is 1.53. The Morgan fingerprint density at radius 3 is 2.62 bits per heavy atom. The maximum atomic E-state index is 12.9. The summed E-state index contributed by atoms with van der Waals surface area (Å²) in [5.74, 6) is 0.618. The summed E-state index contributed by atoms with van der Waals surface area (Å²) in [6.45, 7) is 3.92. The number of hydrogen-bond donors (Lipinski definition) is 2. The van der Waals surface area contributed by atoms with E-state index in [1.54, 1.807) is 0 Å². The summed E-state index contributed by atoms with van der Waals surface area (Å²) in [5, 5.41) is 13.8. The summed E-state index contributed by atoms with van der Waals surface area (Å²) in [6.07, 6.45) is 1.06. The molecule has 32 heavy (non-hydrogen) atoms. The molecule has 0 saturated heterocycles. The molecule has 0 saturated carbocycles. The van der Waals surface area contributed by atoms with Gasteiger partial charge in [-0.15, -0.1) is 11.3 Å². The molecule has 0 aliphatic heterocycles. The Hall–Kier alpha value is -2.51. The number of nitrogens with zero attached hydrogens (tertiary/aromatic N) is 2. The second-order valence-electron chi connectivity index (χ2n) is 7.93. The molecule has 1 atom stereocenters. The van der Waals surface area contributed by atoms with Crippen LogP contribution >= 0.6 is 22.9 Å². The van der Waals surface area contributed by atoms with Gasteiger partial charge in [-0.1, -0.05) is 61.0 Å². The zero-order chi connectivity index (χ0) is 22.5. The van der Waals surface area contributed by atoms with Crippen LogP contribution in [-0.2, 0) is 13.0 Å². The lowest BCUT2D eigenvalue weighted by molar-refractivity contribution is 0.107. The lowest BCUT2D eigenvalue weighted by Gasteiger charge is -2.24. The van der Waals surface area contributed by atoms with Crippen LogP contribution in [0.5, 0.6) is 0 Å². The van der Waals surface area contributed by atoms with Gasteiger partial charge in [-0.25, -0.2) is 4.98 Å². The first-order valence-corrected chi connectivity index (χ1v) is 12.0. The van der Waals surface area contributed by atoms with E-state index >= 15 is 0 Å². The Bertz CT molecular complexity index is 1220. The molecule has 0 spiro atoms. The largest absolute Gasteiger partial charge is 0.391 e. The van der Waals surface area contributed by atoms with E-state index in [1.807, 2.05) is 60.0 Å². The lowest BCUT2D eigenvalue weighted by atomic mass is 10.1. The smallest absolute Gasteiger partial charge is 0.260 e. The van der Waals surface area contributed by atoms with Crippen LogP contribution < -0.4 is 5.56 Å². The van der Waals surface area contributed by atoms with Crippen molar-refractivity contribution < 1.29 is 5.11 Å². The molecule has 1 unspecified atom stereocenters. The van der Waals surface area contributed by atoms with Gasteiger partial charge in [0.25, 0.3) is 5.56 Å². The topological polar surface area (TPSA) is 69.2 Å². The van der Waals surface area contributed by atoms with E-state index in [-0.39, 0.29) is 5.56 Å². The predicted molar refractivity (Wildman–Crippen MR) is 132 cm³/mol. The number of halogens is 1. The summed E-state index contributed by atoms with van der Waals surface area (Å²) < 4.78 is 0. The van der Waals surface area contributed by atoms with Crippen molar-refractivity contribution in [3.8, 4) is 11.1 Å². The van der Waals surface area contributed by atoms with E-state index in [2.05, 4.69) is 16.8 Å². The molecule has 4 rings (SSSR count). The fourth-order valence-corrected chi connectivity index (χ4v) is 5.01. The molecule has 0 radical (unpaired) electrons. The Labute approximate surface area is 196 Å². The Kier molecular flexibility index (Phi) is 7.37. The van der Waals surface area contributed by atoms with E-state index < -0.39 is 6.10 Å². The molecule has 0 bridgehead atoms. The third-order valence-corrected chi connectivity index (χ3v) is 6.47. The van der Waals surface area contributed by atoms with E-state index in [9.17, 15) is 9.90 Å². The first-order valence-electron chi connectivity index (χ1n) is 10.7. The first kappa shape index (κ1) is 22.7. The number of aliphatic hydroxyl groups excluding tert-OH is 1. The van der Waals surface area contributed by atoms with Crippen LogP contribution in [0.3, 0.4) is 0 Å². The van der Waals surface area contributed by atoms with Crippen LogP contribution in [0.2, 0.25) is 5.02 Å². The van der Waals surface area contributed by atoms with Gasteiger partial charge in [0.2, 0.25) is 0 Å². The Morgan fingerprint density at radius 2 is 1.91 bits per heavy atom. The third-order valence-electron chi connectivity index (χ3n) is 5.34. The SMILES string of the molecule is CCCN(Cc1nc2scc(-c3ccc(Cl)cc3)c2c(=O)[nH]1)CC(O)Cc1ccccc1. The number of aliphatic hydroxyl groups is 1. The van der Waals surface area contributed by atoms with Gasteiger partial charge in [-0.3, -0.25) is 9.69 Å². The van der Waals surface area contributed by atoms with Crippen LogP contribution in [-0.4, -0.2) is 39.2 Å². The molecule has 0 amide bonds.